The van der Waals surface area contributed by atoms with Crippen molar-refractivity contribution in [2.75, 3.05) is 6.54 Å². The number of hydrogen-bond donors (Lipinski definition) is 1. The highest BCUT2D eigenvalue weighted by Crippen LogP contribution is 2.12. The second-order valence-electron chi connectivity index (χ2n) is 5.57. The molecule has 3 rings (SSSR count). The number of nitrogens with zero attached hydrogens (tertiary/aromatic N) is 2. The summed E-state index contributed by atoms with van der Waals surface area (Å²) in [6.07, 6.45) is 0. The van der Waals surface area contributed by atoms with E-state index in [1.807, 2.05) is 37.3 Å². The number of halogens is 1. The number of carbonyl (C=O) groups excluding carboxylic acids is 1. The summed E-state index contributed by atoms with van der Waals surface area (Å²) in [5.41, 5.74) is 1.52. The van der Waals surface area contributed by atoms with Gasteiger partial charge in [0.25, 0.3) is 0 Å². The molecule has 1 aromatic heterocycles. The monoisotopic (exact) mass is 327 g/mol. The Morgan fingerprint density at radius 3 is 2.67 bits per heavy atom. The van der Waals surface area contributed by atoms with E-state index in [1.54, 1.807) is 4.90 Å². The van der Waals surface area contributed by atoms with Crippen molar-refractivity contribution < 1.29 is 9.18 Å². The van der Waals surface area contributed by atoms with Crippen LogP contribution in [-0.4, -0.2) is 26.9 Å². The van der Waals surface area contributed by atoms with Gasteiger partial charge in [-0.15, -0.1) is 0 Å². The zero-order valence-electron chi connectivity index (χ0n) is 13.3. The van der Waals surface area contributed by atoms with Gasteiger partial charge in [-0.2, -0.15) is 0 Å². The first-order valence-corrected chi connectivity index (χ1v) is 7.78. The van der Waals surface area contributed by atoms with Gasteiger partial charge in [0.2, 0.25) is 5.91 Å². The van der Waals surface area contributed by atoms with E-state index < -0.39 is 11.5 Å². The first-order valence-electron chi connectivity index (χ1n) is 7.78. The summed E-state index contributed by atoms with van der Waals surface area (Å²) in [6.45, 7) is 2.85. The first kappa shape index (κ1) is 16.0. The van der Waals surface area contributed by atoms with Crippen LogP contribution in [0, 0.1) is 5.82 Å². The lowest BCUT2D eigenvalue weighted by Crippen LogP contribution is -2.35. The quantitative estimate of drug-likeness (QED) is 0.783. The lowest BCUT2D eigenvalue weighted by molar-refractivity contribution is -0.132. The number of aromatic nitrogens is 2. The number of aromatic amines is 1. The Bertz CT molecular complexity index is 915. The topological polar surface area (TPSA) is 58.1 Å². The number of H-pyrrole nitrogens is 1. The molecule has 124 valence electrons. The maximum Gasteiger partial charge on any atom is 0.326 e. The number of imidazole rings is 1. The summed E-state index contributed by atoms with van der Waals surface area (Å²) in [4.78, 5) is 28.9. The molecule has 24 heavy (non-hydrogen) atoms. The molecule has 0 aliphatic heterocycles. The van der Waals surface area contributed by atoms with Crippen molar-refractivity contribution >= 4 is 16.9 Å². The SMILES string of the molecule is CCN(Cc1ccccc1)C(=O)Cn1c(=O)[nH]c2cc(F)ccc21. The molecule has 0 unspecified atom stereocenters. The van der Waals surface area contributed by atoms with Crippen molar-refractivity contribution in [3.05, 3.63) is 70.4 Å². The third-order valence-corrected chi connectivity index (χ3v) is 3.98. The Morgan fingerprint density at radius 2 is 1.96 bits per heavy atom. The van der Waals surface area contributed by atoms with Crippen molar-refractivity contribution in [1.29, 1.82) is 0 Å². The fourth-order valence-corrected chi connectivity index (χ4v) is 2.71. The minimum absolute atomic E-state index is 0.0782. The highest BCUT2D eigenvalue weighted by atomic mass is 19.1. The third kappa shape index (κ3) is 3.22. The van der Waals surface area contributed by atoms with E-state index in [-0.39, 0.29) is 12.5 Å². The van der Waals surface area contributed by atoms with Gasteiger partial charge >= 0.3 is 5.69 Å². The second kappa shape index (κ2) is 6.70. The predicted molar refractivity (Wildman–Crippen MR) is 90.0 cm³/mol. The maximum atomic E-state index is 13.3. The summed E-state index contributed by atoms with van der Waals surface area (Å²) in [5.74, 6) is -0.588. The Morgan fingerprint density at radius 1 is 1.21 bits per heavy atom. The molecule has 0 radical (unpaired) electrons. The molecule has 0 fully saturated rings. The Hall–Kier alpha value is -2.89. The minimum atomic E-state index is -0.429. The molecule has 0 atom stereocenters. The number of carbonyl (C=O) groups is 1. The molecular weight excluding hydrogens is 309 g/mol. The molecule has 1 heterocycles. The molecular formula is C18H18FN3O2. The van der Waals surface area contributed by atoms with E-state index in [1.165, 1.54) is 22.8 Å². The highest BCUT2D eigenvalue weighted by molar-refractivity contribution is 5.80. The van der Waals surface area contributed by atoms with E-state index in [2.05, 4.69) is 4.98 Å². The van der Waals surface area contributed by atoms with Crippen LogP contribution in [0.25, 0.3) is 11.0 Å². The van der Waals surface area contributed by atoms with E-state index in [4.69, 9.17) is 0 Å². The summed E-state index contributed by atoms with van der Waals surface area (Å²) < 4.78 is 14.6. The molecule has 3 aromatic rings. The fraction of sp³-hybridized carbons (Fsp3) is 0.222. The van der Waals surface area contributed by atoms with Crippen LogP contribution in [-0.2, 0) is 17.9 Å². The molecule has 0 saturated carbocycles. The van der Waals surface area contributed by atoms with Gasteiger partial charge in [-0.3, -0.25) is 9.36 Å². The molecule has 1 amide bonds. The van der Waals surface area contributed by atoms with Gasteiger partial charge in [-0.05, 0) is 30.7 Å². The first-order chi connectivity index (χ1) is 11.6. The van der Waals surface area contributed by atoms with Gasteiger partial charge in [-0.1, -0.05) is 30.3 Å². The summed E-state index contributed by atoms with van der Waals surface area (Å²) >= 11 is 0. The van der Waals surface area contributed by atoms with Crippen LogP contribution in [0.3, 0.4) is 0 Å². The van der Waals surface area contributed by atoms with Crippen LogP contribution < -0.4 is 5.69 Å². The fourth-order valence-electron chi connectivity index (χ4n) is 2.71. The van der Waals surface area contributed by atoms with Crippen molar-refractivity contribution in [1.82, 2.24) is 14.5 Å². The summed E-state index contributed by atoms with van der Waals surface area (Å²) in [6, 6.07) is 13.7. The van der Waals surface area contributed by atoms with Crippen molar-refractivity contribution in [2.45, 2.75) is 20.0 Å². The zero-order valence-corrected chi connectivity index (χ0v) is 13.3. The minimum Gasteiger partial charge on any atom is -0.337 e. The van der Waals surface area contributed by atoms with E-state index in [9.17, 15) is 14.0 Å². The smallest absolute Gasteiger partial charge is 0.326 e. The van der Waals surface area contributed by atoms with Gasteiger partial charge in [-0.25, -0.2) is 9.18 Å². The molecule has 5 nitrogen and oxygen atoms in total. The van der Waals surface area contributed by atoms with E-state index in [0.717, 1.165) is 5.56 Å². The van der Waals surface area contributed by atoms with Crippen molar-refractivity contribution in [3.8, 4) is 0 Å². The molecule has 0 saturated heterocycles. The average Bonchev–Trinajstić information content (AvgIpc) is 2.88. The van der Waals surface area contributed by atoms with Crippen molar-refractivity contribution in [3.63, 3.8) is 0 Å². The molecule has 1 N–H and O–H groups in total. The molecule has 0 bridgehead atoms. The van der Waals surface area contributed by atoms with Crippen LogP contribution in [0.2, 0.25) is 0 Å². The van der Waals surface area contributed by atoms with Gasteiger partial charge < -0.3 is 9.88 Å². The van der Waals surface area contributed by atoms with Crippen LogP contribution in [0.1, 0.15) is 12.5 Å². The Kier molecular flexibility index (Phi) is 4.46. The number of fused-ring (bicyclic) bond motifs is 1. The number of benzene rings is 2. The van der Waals surface area contributed by atoms with Gasteiger partial charge in [0.15, 0.2) is 0 Å². The van der Waals surface area contributed by atoms with Gasteiger partial charge in [0, 0.05) is 13.1 Å². The van der Waals surface area contributed by atoms with Crippen LogP contribution in [0.5, 0.6) is 0 Å². The standard InChI is InChI=1S/C18H18FN3O2/c1-2-21(11-13-6-4-3-5-7-13)17(23)12-22-16-9-8-14(19)10-15(16)20-18(22)24/h3-10H,2,11-12H2,1H3,(H,20,24). The van der Waals surface area contributed by atoms with Crippen LogP contribution >= 0.6 is 0 Å². The lowest BCUT2D eigenvalue weighted by Gasteiger charge is -2.21. The predicted octanol–water partition coefficient (Wildman–Crippen LogP) is 2.52. The van der Waals surface area contributed by atoms with Crippen LogP contribution in [0.15, 0.2) is 53.3 Å². The molecule has 6 heteroatoms. The number of amides is 1. The second-order valence-corrected chi connectivity index (χ2v) is 5.57. The molecule has 0 spiro atoms. The van der Waals surface area contributed by atoms with Gasteiger partial charge in [0.05, 0.1) is 11.0 Å². The maximum absolute atomic E-state index is 13.3. The zero-order chi connectivity index (χ0) is 17.1. The number of nitrogens with one attached hydrogen (secondary N) is 1. The van der Waals surface area contributed by atoms with Crippen molar-refractivity contribution in [2.24, 2.45) is 0 Å². The highest BCUT2D eigenvalue weighted by Gasteiger charge is 2.16. The number of hydrogen-bond acceptors (Lipinski definition) is 2. The lowest BCUT2D eigenvalue weighted by atomic mass is 10.2. The normalized spacial score (nSPS) is 10.9. The Labute approximate surface area is 138 Å². The Balaban J connectivity index is 1.83. The van der Waals surface area contributed by atoms with E-state index in [0.29, 0.717) is 24.1 Å². The average molecular weight is 327 g/mol. The molecule has 2 aromatic carbocycles. The molecule has 0 aliphatic rings. The van der Waals surface area contributed by atoms with E-state index >= 15 is 0 Å². The number of rotatable bonds is 5. The summed E-state index contributed by atoms with van der Waals surface area (Å²) in [5, 5.41) is 0. The van der Waals surface area contributed by atoms with Crippen LogP contribution in [0.4, 0.5) is 4.39 Å². The van der Waals surface area contributed by atoms with Gasteiger partial charge in [0.1, 0.15) is 12.4 Å². The molecule has 0 aliphatic carbocycles. The third-order valence-electron chi connectivity index (χ3n) is 3.98. The summed E-state index contributed by atoms with van der Waals surface area (Å²) in [7, 11) is 0. The number of likely N-dealkylation sites (N-methyl/N-ethyl adjacent to an activating group) is 1. The largest absolute Gasteiger partial charge is 0.337 e.